The quantitative estimate of drug-likeness (QED) is 0.704. The molecule has 0 nitrogen and oxygen atoms in total. The Morgan fingerprint density at radius 2 is 2.06 bits per heavy atom. The molecule has 1 aliphatic rings. The molecule has 0 N–H and O–H groups in total. The van der Waals surface area contributed by atoms with Gasteiger partial charge >= 0.3 is 0 Å². The summed E-state index contributed by atoms with van der Waals surface area (Å²) in [6.45, 7) is 6.65. The average molecular weight is 230 g/mol. The van der Waals surface area contributed by atoms with E-state index in [1.807, 2.05) is 11.8 Å². The summed E-state index contributed by atoms with van der Waals surface area (Å²) in [7, 11) is 0. The molecule has 0 saturated carbocycles. The van der Waals surface area contributed by atoms with E-state index < -0.39 is 0 Å². The van der Waals surface area contributed by atoms with Crippen molar-refractivity contribution in [3.63, 3.8) is 0 Å². The zero-order chi connectivity index (χ0) is 11.5. The maximum Gasteiger partial charge on any atom is 0.0241 e. The molecule has 0 aliphatic carbocycles. The van der Waals surface area contributed by atoms with Gasteiger partial charge in [-0.3, -0.25) is 0 Å². The fraction of sp³-hybridized carbons (Fsp3) is 0.333. The molecule has 0 unspecified atom stereocenters. The molecule has 0 bridgehead atoms. The summed E-state index contributed by atoms with van der Waals surface area (Å²) in [5.74, 6) is 1.74. The molecule has 0 spiro atoms. The van der Waals surface area contributed by atoms with E-state index in [9.17, 15) is 0 Å². The summed E-state index contributed by atoms with van der Waals surface area (Å²) in [6.07, 6.45) is 4.54. The number of hydrogen-bond acceptors (Lipinski definition) is 1. The molecule has 0 atom stereocenters. The van der Waals surface area contributed by atoms with Gasteiger partial charge in [-0.15, -0.1) is 11.8 Å². The van der Waals surface area contributed by atoms with Crippen LogP contribution < -0.4 is 0 Å². The van der Waals surface area contributed by atoms with Crippen molar-refractivity contribution in [1.29, 1.82) is 0 Å². The minimum Gasteiger partial charge on any atom is -0.121 e. The SMILES string of the molecule is CC(/C=C\C(C)C)=C1/CSc2ccccc21. The van der Waals surface area contributed by atoms with Crippen LogP contribution in [-0.4, -0.2) is 5.75 Å². The lowest BCUT2D eigenvalue weighted by Crippen LogP contribution is -1.86. The smallest absolute Gasteiger partial charge is 0.0241 e. The van der Waals surface area contributed by atoms with E-state index in [-0.39, 0.29) is 0 Å². The molecule has 1 heteroatoms. The number of hydrogen-bond donors (Lipinski definition) is 0. The molecule has 84 valence electrons. The van der Waals surface area contributed by atoms with Gasteiger partial charge in [-0.2, -0.15) is 0 Å². The Morgan fingerprint density at radius 1 is 1.31 bits per heavy atom. The monoisotopic (exact) mass is 230 g/mol. The van der Waals surface area contributed by atoms with Crippen LogP contribution in [0.15, 0.2) is 46.9 Å². The van der Waals surface area contributed by atoms with E-state index in [1.54, 1.807) is 0 Å². The maximum absolute atomic E-state index is 2.27. The van der Waals surface area contributed by atoms with Crippen LogP contribution in [0, 0.1) is 5.92 Å². The number of allylic oxidation sites excluding steroid dienone is 3. The third-order valence-corrected chi connectivity index (χ3v) is 3.89. The lowest BCUT2D eigenvalue weighted by Gasteiger charge is -2.03. The molecule has 2 rings (SSSR count). The van der Waals surface area contributed by atoms with E-state index >= 15 is 0 Å². The molecule has 16 heavy (non-hydrogen) atoms. The number of rotatable bonds is 2. The summed E-state index contributed by atoms with van der Waals surface area (Å²) >= 11 is 1.95. The molecule has 1 aromatic carbocycles. The lowest BCUT2D eigenvalue weighted by molar-refractivity contribution is 0.831. The number of fused-ring (bicyclic) bond motifs is 1. The van der Waals surface area contributed by atoms with Crippen molar-refractivity contribution in [3.05, 3.63) is 47.6 Å². The Labute approximate surface area is 102 Å². The molecule has 0 aromatic heterocycles. The van der Waals surface area contributed by atoms with Crippen molar-refractivity contribution < 1.29 is 0 Å². The van der Waals surface area contributed by atoms with Crippen LogP contribution in [0.3, 0.4) is 0 Å². The molecular formula is C15H18S. The predicted octanol–water partition coefficient (Wildman–Crippen LogP) is 4.78. The van der Waals surface area contributed by atoms with Gasteiger partial charge in [-0.1, -0.05) is 44.2 Å². The summed E-state index contributed by atoms with van der Waals surface area (Å²) in [5, 5.41) is 0. The minimum absolute atomic E-state index is 0.625. The molecule has 0 amide bonds. The van der Waals surface area contributed by atoms with Gasteiger partial charge in [0.2, 0.25) is 0 Å². The number of benzene rings is 1. The first-order chi connectivity index (χ1) is 7.68. The molecular weight excluding hydrogens is 212 g/mol. The van der Waals surface area contributed by atoms with Crippen LogP contribution in [0.1, 0.15) is 26.3 Å². The molecule has 1 heterocycles. The maximum atomic E-state index is 2.27. The van der Waals surface area contributed by atoms with Crippen molar-refractivity contribution in [2.45, 2.75) is 25.7 Å². The van der Waals surface area contributed by atoms with Crippen molar-refractivity contribution in [2.24, 2.45) is 5.92 Å². The van der Waals surface area contributed by atoms with Gasteiger partial charge in [0.05, 0.1) is 0 Å². The Bertz CT molecular complexity index is 439. The zero-order valence-electron chi connectivity index (χ0n) is 10.2. The van der Waals surface area contributed by atoms with Crippen LogP contribution in [0.5, 0.6) is 0 Å². The first-order valence-electron chi connectivity index (χ1n) is 5.78. The summed E-state index contributed by atoms with van der Waals surface area (Å²) in [6, 6.07) is 8.70. The van der Waals surface area contributed by atoms with E-state index in [0.29, 0.717) is 5.92 Å². The minimum atomic E-state index is 0.625. The highest BCUT2D eigenvalue weighted by Gasteiger charge is 2.16. The van der Waals surface area contributed by atoms with Crippen LogP contribution in [0.25, 0.3) is 5.57 Å². The average Bonchev–Trinajstić information content (AvgIpc) is 2.69. The fourth-order valence-electron chi connectivity index (χ4n) is 1.83. The molecule has 1 aliphatic heterocycles. The van der Waals surface area contributed by atoms with E-state index in [0.717, 1.165) is 5.75 Å². The Hall–Kier alpha value is -0.950. The third kappa shape index (κ3) is 2.41. The largest absolute Gasteiger partial charge is 0.121 e. The van der Waals surface area contributed by atoms with E-state index in [1.165, 1.54) is 21.6 Å². The second kappa shape index (κ2) is 4.92. The van der Waals surface area contributed by atoms with E-state index in [2.05, 4.69) is 57.2 Å². The van der Waals surface area contributed by atoms with Gasteiger partial charge in [0.1, 0.15) is 0 Å². The Morgan fingerprint density at radius 3 is 2.81 bits per heavy atom. The summed E-state index contributed by atoms with van der Waals surface area (Å²) in [5.41, 5.74) is 4.34. The highest BCUT2D eigenvalue weighted by atomic mass is 32.2. The highest BCUT2D eigenvalue weighted by Crippen LogP contribution is 2.40. The second-order valence-corrected chi connectivity index (χ2v) is 5.57. The first kappa shape index (κ1) is 11.5. The van der Waals surface area contributed by atoms with Gasteiger partial charge in [0, 0.05) is 10.6 Å². The van der Waals surface area contributed by atoms with Gasteiger partial charge in [-0.25, -0.2) is 0 Å². The summed E-state index contributed by atoms with van der Waals surface area (Å²) in [4.78, 5) is 1.43. The van der Waals surface area contributed by atoms with Gasteiger partial charge < -0.3 is 0 Å². The molecule has 0 radical (unpaired) electrons. The van der Waals surface area contributed by atoms with Gasteiger partial charge in [0.25, 0.3) is 0 Å². The topological polar surface area (TPSA) is 0 Å². The fourth-order valence-corrected chi connectivity index (χ4v) is 3.04. The van der Waals surface area contributed by atoms with Crippen molar-refractivity contribution in [2.75, 3.05) is 5.75 Å². The van der Waals surface area contributed by atoms with E-state index in [4.69, 9.17) is 0 Å². The molecule has 0 fully saturated rings. The Balaban J connectivity index is 2.33. The predicted molar refractivity (Wildman–Crippen MR) is 73.7 cm³/mol. The number of thioether (sulfide) groups is 1. The highest BCUT2D eigenvalue weighted by molar-refractivity contribution is 8.00. The van der Waals surface area contributed by atoms with Crippen LogP contribution in [0.4, 0.5) is 0 Å². The van der Waals surface area contributed by atoms with Crippen molar-refractivity contribution in [1.82, 2.24) is 0 Å². The Kier molecular flexibility index (Phi) is 3.55. The van der Waals surface area contributed by atoms with Gasteiger partial charge in [0.15, 0.2) is 0 Å². The molecule has 0 saturated heterocycles. The normalized spacial score (nSPS) is 18.2. The van der Waals surface area contributed by atoms with Crippen molar-refractivity contribution >= 4 is 17.3 Å². The lowest BCUT2D eigenvalue weighted by atomic mass is 10.0. The van der Waals surface area contributed by atoms with Crippen LogP contribution in [0.2, 0.25) is 0 Å². The van der Waals surface area contributed by atoms with Gasteiger partial charge in [-0.05, 0) is 35.6 Å². The second-order valence-electron chi connectivity index (χ2n) is 4.55. The first-order valence-corrected chi connectivity index (χ1v) is 6.77. The summed E-state index contributed by atoms with van der Waals surface area (Å²) < 4.78 is 0. The van der Waals surface area contributed by atoms with Crippen molar-refractivity contribution in [3.8, 4) is 0 Å². The third-order valence-electron chi connectivity index (χ3n) is 2.79. The zero-order valence-corrected chi connectivity index (χ0v) is 11.0. The molecule has 1 aromatic rings. The van der Waals surface area contributed by atoms with Crippen LogP contribution in [-0.2, 0) is 0 Å². The van der Waals surface area contributed by atoms with Crippen LogP contribution >= 0.6 is 11.8 Å². The standard InChI is InChI=1S/C15H18S/c1-11(2)8-9-12(3)14-10-16-15-7-5-4-6-13(14)15/h4-9,11H,10H2,1-3H3/b9-8-,14-12+.